The van der Waals surface area contributed by atoms with Gasteiger partial charge in [-0.3, -0.25) is 4.79 Å². The van der Waals surface area contributed by atoms with Crippen molar-refractivity contribution in [3.8, 4) is 5.69 Å². The number of aryl methyl sites for hydroxylation is 1. The maximum atomic E-state index is 12.7. The van der Waals surface area contributed by atoms with Crippen molar-refractivity contribution < 1.29 is 9.53 Å². The van der Waals surface area contributed by atoms with Crippen LogP contribution in [0.1, 0.15) is 30.3 Å². The lowest BCUT2D eigenvalue weighted by Gasteiger charge is -2.36. The number of hydrogen-bond donors (Lipinski definition) is 0. The number of morpholine rings is 1. The minimum atomic E-state index is -0.179. The fourth-order valence-corrected chi connectivity index (χ4v) is 2.86. The molecule has 2 heterocycles. The zero-order chi connectivity index (χ0) is 16.6. The molecule has 3 rings (SSSR count). The standard InChI is InChI=1S/C16H19ClN4O2/c1-10-9-23-11(2)8-20(10)16(22)15-18-12(3)21(19-15)14-7-5-4-6-13(14)17/h4-7,10-11H,8-9H2,1-3H3/t10-,11+/m0/s1. The minimum absolute atomic E-state index is 0.00580. The van der Waals surface area contributed by atoms with Crippen LogP contribution in [0.15, 0.2) is 24.3 Å². The van der Waals surface area contributed by atoms with Crippen LogP contribution < -0.4 is 0 Å². The van der Waals surface area contributed by atoms with Gasteiger partial charge in [0.2, 0.25) is 5.82 Å². The Labute approximate surface area is 140 Å². The van der Waals surface area contributed by atoms with Crippen molar-refractivity contribution in [3.63, 3.8) is 0 Å². The second-order valence-corrected chi connectivity index (χ2v) is 6.20. The van der Waals surface area contributed by atoms with Crippen LogP contribution in [0.3, 0.4) is 0 Å². The number of ether oxygens (including phenoxy) is 1. The smallest absolute Gasteiger partial charge is 0.293 e. The molecule has 0 bridgehead atoms. The molecule has 7 heteroatoms. The van der Waals surface area contributed by atoms with Gasteiger partial charge in [0.15, 0.2) is 0 Å². The maximum Gasteiger partial charge on any atom is 0.293 e. The number of aromatic nitrogens is 3. The first-order valence-electron chi connectivity index (χ1n) is 7.58. The van der Waals surface area contributed by atoms with Gasteiger partial charge in [-0.05, 0) is 32.9 Å². The maximum absolute atomic E-state index is 12.7. The quantitative estimate of drug-likeness (QED) is 0.846. The summed E-state index contributed by atoms with van der Waals surface area (Å²) in [6.45, 7) is 6.78. The summed E-state index contributed by atoms with van der Waals surface area (Å²) in [5.41, 5.74) is 0.710. The number of benzene rings is 1. The Hall–Kier alpha value is -1.92. The molecule has 1 aromatic heterocycles. The fraction of sp³-hybridized carbons (Fsp3) is 0.438. The van der Waals surface area contributed by atoms with Crippen LogP contribution >= 0.6 is 11.6 Å². The van der Waals surface area contributed by atoms with Gasteiger partial charge in [-0.2, -0.15) is 0 Å². The van der Waals surface area contributed by atoms with E-state index in [1.54, 1.807) is 22.6 Å². The van der Waals surface area contributed by atoms with E-state index in [-0.39, 0.29) is 23.9 Å². The molecule has 1 saturated heterocycles. The zero-order valence-corrected chi connectivity index (χ0v) is 14.1. The van der Waals surface area contributed by atoms with Gasteiger partial charge in [0.25, 0.3) is 5.91 Å². The third-order valence-corrected chi connectivity index (χ3v) is 4.23. The molecule has 23 heavy (non-hydrogen) atoms. The molecular formula is C16H19ClN4O2. The van der Waals surface area contributed by atoms with Crippen LogP contribution in [-0.2, 0) is 4.74 Å². The minimum Gasteiger partial charge on any atom is -0.375 e. The largest absolute Gasteiger partial charge is 0.375 e. The van der Waals surface area contributed by atoms with E-state index in [4.69, 9.17) is 16.3 Å². The van der Waals surface area contributed by atoms with E-state index < -0.39 is 0 Å². The first kappa shape index (κ1) is 16.0. The third-order valence-electron chi connectivity index (χ3n) is 3.91. The van der Waals surface area contributed by atoms with E-state index in [1.165, 1.54) is 0 Å². The van der Waals surface area contributed by atoms with E-state index in [0.717, 1.165) is 0 Å². The van der Waals surface area contributed by atoms with Crippen LogP contribution in [0, 0.1) is 6.92 Å². The summed E-state index contributed by atoms with van der Waals surface area (Å²) in [6.07, 6.45) is 0.0156. The van der Waals surface area contributed by atoms with Crippen molar-refractivity contribution in [2.24, 2.45) is 0 Å². The van der Waals surface area contributed by atoms with E-state index in [1.807, 2.05) is 32.0 Å². The zero-order valence-electron chi connectivity index (χ0n) is 13.4. The Morgan fingerprint density at radius 2 is 2.09 bits per heavy atom. The van der Waals surface area contributed by atoms with Gasteiger partial charge in [0, 0.05) is 6.54 Å². The number of halogens is 1. The fourth-order valence-electron chi connectivity index (χ4n) is 2.65. The second-order valence-electron chi connectivity index (χ2n) is 5.80. The Kier molecular flexibility index (Phi) is 4.37. The first-order chi connectivity index (χ1) is 11.0. The van der Waals surface area contributed by atoms with Gasteiger partial charge in [-0.1, -0.05) is 23.7 Å². The van der Waals surface area contributed by atoms with E-state index in [2.05, 4.69) is 10.1 Å². The first-order valence-corrected chi connectivity index (χ1v) is 7.96. The van der Waals surface area contributed by atoms with Crippen molar-refractivity contribution in [3.05, 3.63) is 40.9 Å². The topological polar surface area (TPSA) is 60.3 Å². The van der Waals surface area contributed by atoms with Crippen LogP contribution in [0.2, 0.25) is 5.02 Å². The summed E-state index contributed by atoms with van der Waals surface area (Å²) in [5, 5.41) is 4.93. The lowest BCUT2D eigenvalue weighted by Crippen LogP contribution is -2.50. The Morgan fingerprint density at radius 3 is 2.83 bits per heavy atom. The molecule has 6 nitrogen and oxygen atoms in total. The molecular weight excluding hydrogens is 316 g/mol. The molecule has 1 aliphatic heterocycles. The number of rotatable bonds is 2. The summed E-state index contributed by atoms with van der Waals surface area (Å²) in [7, 11) is 0. The average molecular weight is 335 g/mol. The molecule has 0 unspecified atom stereocenters. The number of carbonyl (C=O) groups is 1. The highest BCUT2D eigenvalue weighted by molar-refractivity contribution is 6.32. The molecule has 2 aromatic rings. The van der Waals surface area contributed by atoms with Crippen LogP contribution in [0.4, 0.5) is 0 Å². The summed E-state index contributed by atoms with van der Waals surface area (Å²) in [6, 6.07) is 7.35. The summed E-state index contributed by atoms with van der Waals surface area (Å²) in [5.74, 6) is 0.625. The monoisotopic (exact) mass is 334 g/mol. The summed E-state index contributed by atoms with van der Waals surface area (Å²) in [4.78, 5) is 18.8. The van der Waals surface area contributed by atoms with E-state index in [0.29, 0.717) is 29.7 Å². The van der Waals surface area contributed by atoms with Gasteiger partial charge >= 0.3 is 0 Å². The van der Waals surface area contributed by atoms with Crippen LogP contribution in [0.5, 0.6) is 0 Å². The molecule has 0 spiro atoms. The van der Waals surface area contributed by atoms with Gasteiger partial charge in [-0.25, -0.2) is 9.67 Å². The van der Waals surface area contributed by atoms with Gasteiger partial charge in [-0.15, -0.1) is 5.10 Å². The van der Waals surface area contributed by atoms with E-state index in [9.17, 15) is 4.79 Å². The van der Waals surface area contributed by atoms with Crippen molar-refractivity contribution in [1.82, 2.24) is 19.7 Å². The van der Waals surface area contributed by atoms with Crippen molar-refractivity contribution in [2.45, 2.75) is 32.9 Å². The summed E-state index contributed by atoms with van der Waals surface area (Å²) >= 11 is 6.21. The number of nitrogens with zero attached hydrogens (tertiary/aromatic N) is 4. The number of hydrogen-bond acceptors (Lipinski definition) is 4. The summed E-state index contributed by atoms with van der Waals surface area (Å²) < 4.78 is 7.16. The Balaban J connectivity index is 1.91. The molecule has 2 atom stereocenters. The van der Waals surface area contributed by atoms with Crippen molar-refractivity contribution >= 4 is 17.5 Å². The highest BCUT2D eigenvalue weighted by Gasteiger charge is 2.30. The third kappa shape index (κ3) is 3.09. The molecule has 0 radical (unpaired) electrons. The van der Waals surface area contributed by atoms with Gasteiger partial charge in [0.05, 0.1) is 29.5 Å². The van der Waals surface area contributed by atoms with Gasteiger partial charge in [0.1, 0.15) is 5.82 Å². The molecule has 1 aromatic carbocycles. The van der Waals surface area contributed by atoms with Crippen LogP contribution in [-0.4, -0.2) is 50.9 Å². The molecule has 1 fully saturated rings. The number of para-hydroxylation sites is 1. The van der Waals surface area contributed by atoms with Gasteiger partial charge < -0.3 is 9.64 Å². The Bertz CT molecular complexity index is 731. The highest BCUT2D eigenvalue weighted by Crippen LogP contribution is 2.21. The Morgan fingerprint density at radius 1 is 1.35 bits per heavy atom. The molecule has 0 saturated carbocycles. The molecule has 1 aliphatic rings. The normalized spacial score (nSPS) is 21.5. The highest BCUT2D eigenvalue weighted by atomic mass is 35.5. The predicted molar refractivity (Wildman–Crippen MR) is 87.0 cm³/mol. The van der Waals surface area contributed by atoms with Crippen molar-refractivity contribution in [2.75, 3.05) is 13.2 Å². The SMILES string of the molecule is Cc1nc(C(=O)N2C[C@@H](C)OC[C@@H]2C)nn1-c1ccccc1Cl. The van der Waals surface area contributed by atoms with E-state index >= 15 is 0 Å². The number of amides is 1. The molecule has 1 amide bonds. The molecule has 122 valence electrons. The lowest BCUT2D eigenvalue weighted by atomic mass is 10.2. The number of carbonyl (C=O) groups excluding carboxylic acids is 1. The second kappa shape index (κ2) is 6.29. The van der Waals surface area contributed by atoms with Crippen LogP contribution in [0.25, 0.3) is 5.69 Å². The lowest BCUT2D eigenvalue weighted by molar-refractivity contribution is -0.0391. The molecule has 0 aliphatic carbocycles. The predicted octanol–water partition coefficient (Wildman–Crippen LogP) is 2.48. The van der Waals surface area contributed by atoms with Crippen molar-refractivity contribution in [1.29, 1.82) is 0 Å². The average Bonchev–Trinajstić information content (AvgIpc) is 2.91. The molecule has 0 N–H and O–H groups in total.